The number of rotatable bonds is 4. The van der Waals surface area contributed by atoms with E-state index in [0.29, 0.717) is 0 Å². The predicted molar refractivity (Wildman–Crippen MR) is 118 cm³/mol. The van der Waals surface area contributed by atoms with Gasteiger partial charge in [0.05, 0.1) is 29.5 Å². The molecule has 30 heavy (non-hydrogen) atoms. The highest BCUT2D eigenvalue weighted by Gasteiger charge is 2.32. The molecule has 0 saturated carbocycles. The van der Waals surface area contributed by atoms with E-state index in [1.54, 1.807) is 0 Å². The third-order valence-electron chi connectivity index (χ3n) is 6.33. The minimum Gasteiger partial charge on any atom is -0.369 e. The number of para-hydroxylation sites is 1. The lowest BCUT2D eigenvalue weighted by atomic mass is 9.91. The molecule has 1 fully saturated rings. The summed E-state index contributed by atoms with van der Waals surface area (Å²) in [6, 6.07) is 14.5. The maximum absolute atomic E-state index is 11.7. The van der Waals surface area contributed by atoms with Crippen molar-refractivity contribution in [3.05, 3.63) is 65.6 Å². The Morgan fingerprint density at radius 3 is 2.73 bits per heavy atom. The summed E-state index contributed by atoms with van der Waals surface area (Å²) in [5.41, 5.74) is 11.6. The van der Waals surface area contributed by atoms with Crippen LogP contribution >= 0.6 is 0 Å². The van der Waals surface area contributed by atoms with Crippen molar-refractivity contribution in [2.75, 3.05) is 31.1 Å². The fourth-order valence-electron chi connectivity index (χ4n) is 4.98. The summed E-state index contributed by atoms with van der Waals surface area (Å²) in [7, 11) is 0. The number of piperazine rings is 1. The van der Waals surface area contributed by atoms with E-state index in [2.05, 4.69) is 39.0 Å². The Morgan fingerprint density at radius 1 is 1.07 bits per heavy atom. The minimum atomic E-state index is -0.295. The first-order valence-corrected chi connectivity index (χ1v) is 10.8. The zero-order chi connectivity index (χ0) is 20.5. The van der Waals surface area contributed by atoms with Gasteiger partial charge < -0.3 is 10.6 Å². The van der Waals surface area contributed by atoms with Gasteiger partial charge in [0.1, 0.15) is 0 Å². The molecule has 0 radical (unpaired) electrons. The van der Waals surface area contributed by atoms with Gasteiger partial charge in [0, 0.05) is 36.9 Å². The molecule has 5 rings (SSSR count). The minimum absolute atomic E-state index is 0.0265. The Morgan fingerprint density at radius 2 is 1.90 bits per heavy atom. The Balaban J connectivity index is 1.58. The van der Waals surface area contributed by atoms with Crippen LogP contribution in [0.4, 0.5) is 5.69 Å². The van der Waals surface area contributed by atoms with Crippen LogP contribution in [0.3, 0.4) is 0 Å². The zero-order valence-corrected chi connectivity index (χ0v) is 17.1. The first-order valence-electron chi connectivity index (χ1n) is 10.8. The van der Waals surface area contributed by atoms with Crippen molar-refractivity contribution in [3.63, 3.8) is 0 Å². The standard InChI is InChI=1S/C24H27N5O/c25-23(30)16-28-13-14-29(15-22(28)21-11-5-6-12-26-21)24-17-7-1-3-9-19(17)27-20-10-4-2-8-18(20)24/h1,3,5-7,9,11-12,22H,2,4,8,10,13-16H2,(H2,25,30). The Bertz CT molecular complexity index is 1070. The predicted octanol–water partition coefficient (Wildman–Crippen LogP) is 2.86. The van der Waals surface area contributed by atoms with Crippen LogP contribution in [0.1, 0.15) is 35.8 Å². The molecule has 1 aliphatic carbocycles. The van der Waals surface area contributed by atoms with Gasteiger partial charge in [0.2, 0.25) is 5.91 Å². The van der Waals surface area contributed by atoms with E-state index >= 15 is 0 Å². The number of aromatic nitrogens is 2. The number of aryl methyl sites for hydroxylation is 1. The van der Waals surface area contributed by atoms with Crippen LogP contribution in [0.5, 0.6) is 0 Å². The van der Waals surface area contributed by atoms with Crippen molar-refractivity contribution >= 4 is 22.5 Å². The first kappa shape index (κ1) is 19.0. The molecule has 1 unspecified atom stereocenters. The van der Waals surface area contributed by atoms with Crippen molar-refractivity contribution in [3.8, 4) is 0 Å². The number of amides is 1. The quantitative estimate of drug-likeness (QED) is 0.728. The number of fused-ring (bicyclic) bond motifs is 2. The summed E-state index contributed by atoms with van der Waals surface area (Å²) in [4.78, 5) is 26.0. The van der Waals surface area contributed by atoms with E-state index in [9.17, 15) is 4.79 Å². The Kier molecular flexibility index (Phi) is 5.09. The molecule has 0 bridgehead atoms. The number of anilines is 1. The highest BCUT2D eigenvalue weighted by atomic mass is 16.1. The topological polar surface area (TPSA) is 75.4 Å². The highest BCUT2D eigenvalue weighted by Crippen LogP contribution is 2.38. The van der Waals surface area contributed by atoms with Gasteiger partial charge >= 0.3 is 0 Å². The lowest BCUT2D eigenvalue weighted by molar-refractivity contribution is -0.119. The van der Waals surface area contributed by atoms with Crippen LogP contribution in [0.2, 0.25) is 0 Å². The number of nitrogens with two attached hydrogens (primary N) is 1. The second-order valence-electron chi connectivity index (χ2n) is 8.26. The molecule has 0 spiro atoms. The molecule has 1 atom stereocenters. The molecule has 1 amide bonds. The van der Waals surface area contributed by atoms with E-state index in [-0.39, 0.29) is 18.5 Å². The summed E-state index contributed by atoms with van der Waals surface area (Å²) in [6.07, 6.45) is 6.38. The normalized spacial score (nSPS) is 19.6. The molecule has 2 aromatic heterocycles. The van der Waals surface area contributed by atoms with E-state index < -0.39 is 0 Å². The highest BCUT2D eigenvalue weighted by molar-refractivity contribution is 5.94. The number of carbonyl (C=O) groups excluding carboxylic acids is 1. The average Bonchev–Trinajstić information content (AvgIpc) is 2.78. The van der Waals surface area contributed by atoms with Crippen LogP contribution in [0.25, 0.3) is 10.9 Å². The van der Waals surface area contributed by atoms with Crippen molar-refractivity contribution < 1.29 is 4.79 Å². The second-order valence-corrected chi connectivity index (χ2v) is 8.26. The lowest BCUT2D eigenvalue weighted by Gasteiger charge is -2.43. The van der Waals surface area contributed by atoms with Gasteiger partial charge in [-0.2, -0.15) is 0 Å². The number of hydrogen-bond acceptors (Lipinski definition) is 5. The van der Waals surface area contributed by atoms with Gasteiger partial charge in [0.25, 0.3) is 0 Å². The molecule has 1 saturated heterocycles. The van der Waals surface area contributed by atoms with Crippen LogP contribution in [-0.4, -0.2) is 47.0 Å². The molecule has 2 N–H and O–H groups in total. The second kappa shape index (κ2) is 8.03. The van der Waals surface area contributed by atoms with E-state index in [1.807, 2.05) is 24.4 Å². The molecule has 1 aliphatic heterocycles. The molecule has 2 aliphatic rings. The zero-order valence-electron chi connectivity index (χ0n) is 17.1. The van der Waals surface area contributed by atoms with Crippen LogP contribution in [-0.2, 0) is 17.6 Å². The molecule has 1 aromatic carbocycles. The van der Waals surface area contributed by atoms with Gasteiger partial charge in [0.15, 0.2) is 0 Å². The summed E-state index contributed by atoms with van der Waals surface area (Å²) in [5, 5.41) is 1.22. The third kappa shape index (κ3) is 3.52. The molecule has 154 valence electrons. The largest absolute Gasteiger partial charge is 0.369 e. The first-order chi connectivity index (χ1) is 14.7. The van der Waals surface area contributed by atoms with Crippen molar-refractivity contribution in [1.82, 2.24) is 14.9 Å². The molecular formula is C24H27N5O. The van der Waals surface area contributed by atoms with Crippen LogP contribution < -0.4 is 10.6 Å². The number of nitrogens with zero attached hydrogens (tertiary/aromatic N) is 4. The molecule has 6 heteroatoms. The summed E-state index contributed by atoms with van der Waals surface area (Å²) in [5.74, 6) is -0.295. The number of pyridine rings is 2. The molecule has 3 heterocycles. The van der Waals surface area contributed by atoms with E-state index in [4.69, 9.17) is 10.7 Å². The summed E-state index contributed by atoms with van der Waals surface area (Å²) < 4.78 is 0. The summed E-state index contributed by atoms with van der Waals surface area (Å²) in [6.45, 7) is 2.67. The maximum Gasteiger partial charge on any atom is 0.231 e. The van der Waals surface area contributed by atoms with Crippen LogP contribution in [0, 0.1) is 0 Å². The molecular weight excluding hydrogens is 374 g/mol. The smallest absolute Gasteiger partial charge is 0.231 e. The Hall–Kier alpha value is -2.99. The van der Waals surface area contributed by atoms with Crippen LogP contribution in [0.15, 0.2) is 48.7 Å². The van der Waals surface area contributed by atoms with Gasteiger partial charge in [-0.15, -0.1) is 0 Å². The fourth-order valence-corrected chi connectivity index (χ4v) is 4.98. The lowest BCUT2D eigenvalue weighted by Crippen LogP contribution is -2.51. The SMILES string of the molecule is NC(=O)CN1CCN(c2c3c(nc4ccccc24)CCCC3)CC1c1ccccn1. The van der Waals surface area contributed by atoms with E-state index in [1.165, 1.54) is 35.2 Å². The third-order valence-corrected chi connectivity index (χ3v) is 6.33. The van der Waals surface area contributed by atoms with Crippen molar-refractivity contribution in [2.24, 2.45) is 5.73 Å². The molecule has 3 aromatic rings. The van der Waals surface area contributed by atoms with Crippen molar-refractivity contribution in [1.29, 1.82) is 0 Å². The Labute approximate surface area is 176 Å². The van der Waals surface area contributed by atoms with Gasteiger partial charge in [-0.25, -0.2) is 0 Å². The van der Waals surface area contributed by atoms with Gasteiger partial charge in [-0.1, -0.05) is 24.3 Å². The van der Waals surface area contributed by atoms with Gasteiger partial charge in [-0.3, -0.25) is 19.7 Å². The fraction of sp³-hybridized carbons (Fsp3) is 0.375. The van der Waals surface area contributed by atoms with E-state index in [0.717, 1.165) is 43.7 Å². The average molecular weight is 402 g/mol. The number of carbonyl (C=O) groups is 1. The number of hydrogen-bond donors (Lipinski definition) is 1. The maximum atomic E-state index is 11.7. The van der Waals surface area contributed by atoms with Gasteiger partial charge in [-0.05, 0) is 49.4 Å². The monoisotopic (exact) mass is 401 g/mol. The number of primary amides is 1. The molecule has 6 nitrogen and oxygen atoms in total. The number of benzene rings is 1. The summed E-state index contributed by atoms with van der Waals surface area (Å²) >= 11 is 0. The van der Waals surface area contributed by atoms with Crippen molar-refractivity contribution in [2.45, 2.75) is 31.7 Å².